The summed E-state index contributed by atoms with van der Waals surface area (Å²) >= 11 is 8.62. The molecule has 0 aliphatic rings. The minimum atomic E-state index is 0.116. The van der Waals surface area contributed by atoms with E-state index in [1.54, 1.807) is 0 Å². The van der Waals surface area contributed by atoms with E-state index in [-0.39, 0.29) is 6.10 Å². The van der Waals surface area contributed by atoms with Crippen LogP contribution in [0, 0.1) is 5.92 Å². The van der Waals surface area contributed by atoms with Gasteiger partial charge in [0, 0.05) is 15.0 Å². The van der Waals surface area contributed by atoms with Crippen LogP contribution in [-0.4, -0.2) is 11.0 Å². The Morgan fingerprint density at radius 3 is 2.58 bits per heavy atom. The molecule has 1 aromatic carbocycles. The fraction of sp³-hybridized carbons (Fsp3) is 0.625. The van der Waals surface area contributed by atoms with Crippen LogP contribution in [-0.2, 0) is 4.74 Å². The third-order valence-corrected chi connectivity index (χ3v) is 4.61. The van der Waals surface area contributed by atoms with E-state index in [0.717, 1.165) is 21.6 Å². The normalized spacial score (nSPS) is 14.3. The summed E-state index contributed by atoms with van der Waals surface area (Å²) in [5, 5.41) is 0.811. The molecular weight excluding hydrogens is 371 g/mol. The van der Waals surface area contributed by atoms with E-state index in [2.05, 4.69) is 42.5 Å². The smallest absolute Gasteiger partial charge is 0.0928 e. The minimum absolute atomic E-state index is 0.116. The molecule has 2 atom stereocenters. The summed E-state index contributed by atoms with van der Waals surface area (Å²) in [6.07, 6.45) is 5.13. The lowest BCUT2D eigenvalue weighted by atomic mass is 10.0. The molecule has 0 spiro atoms. The van der Waals surface area contributed by atoms with Gasteiger partial charge in [-0.15, -0.1) is 0 Å². The molecule has 0 aliphatic heterocycles. The van der Waals surface area contributed by atoms with Gasteiger partial charge in [-0.1, -0.05) is 85.5 Å². The van der Waals surface area contributed by atoms with Crippen molar-refractivity contribution in [1.82, 2.24) is 0 Å². The van der Waals surface area contributed by atoms with Crippen molar-refractivity contribution < 1.29 is 4.74 Å². The van der Waals surface area contributed by atoms with E-state index in [4.69, 9.17) is 16.3 Å². The van der Waals surface area contributed by atoms with Gasteiger partial charge in [0.2, 0.25) is 0 Å². The van der Waals surface area contributed by atoms with E-state index in [0.29, 0.717) is 5.92 Å². The SMILES string of the molecule is CCCCC(CC)COC(CI)c1ccccc1Cl. The molecule has 0 bridgehead atoms. The van der Waals surface area contributed by atoms with Crippen molar-refractivity contribution in [2.45, 2.75) is 45.6 Å². The molecular formula is C16H24ClIO. The second-order valence-corrected chi connectivity index (χ2v) is 6.20. The molecule has 0 N–H and O–H groups in total. The highest BCUT2D eigenvalue weighted by Gasteiger charge is 2.16. The molecule has 108 valence electrons. The molecule has 2 unspecified atom stereocenters. The highest BCUT2D eigenvalue weighted by molar-refractivity contribution is 14.1. The van der Waals surface area contributed by atoms with Crippen LogP contribution in [0.25, 0.3) is 0 Å². The maximum absolute atomic E-state index is 6.25. The largest absolute Gasteiger partial charge is 0.372 e. The molecule has 0 fully saturated rings. The highest BCUT2D eigenvalue weighted by atomic mass is 127. The van der Waals surface area contributed by atoms with Crippen molar-refractivity contribution >= 4 is 34.2 Å². The fourth-order valence-corrected chi connectivity index (χ4v) is 3.09. The Balaban J connectivity index is 2.55. The molecule has 3 heteroatoms. The lowest BCUT2D eigenvalue weighted by Crippen LogP contribution is -2.14. The Hall–Kier alpha value is 0.200. The summed E-state index contributed by atoms with van der Waals surface area (Å²) < 4.78 is 7.05. The van der Waals surface area contributed by atoms with Crippen molar-refractivity contribution in [2.24, 2.45) is 5.92 Å². The van der Waals surface area contributed by atoms with Crippen LogP contribution < -0.4 is 0 Å². The highest BCUT2D eigenvalue weighted by Crippen LogP contribution is 2.28. The predicted octanol–water partition coefficient (Wildman–Crippen LogP) is 6.05. The third-order valence-electron chi connectivity index (χ3n) is 3.47. The van der Waals surface area contributed by atoms with Crippen LogP contribution in [0.2, 0.25) is 5.02 Å². The van der Waals surface area contributed by atoms with Crippen LogP contribution in [0.1, 0.15) is 51.2 Å². The number of alkyl halides is 1. The summed E-state index contributed by atoms with van der Waals surface area (Å²) in [4.78, 5) is 0. The van der Waals surface area contributed by atoms with Crippen LogP contribution in [0.5, 0.6) is 0 Å². The average molecular weight is 395 g/mol. The summed E-state index contributed by atoms with van der Waals surface area (Å²) in [6.45, 7) is 5.33. The molecule has 0 amide bonds. The maximum Gasteiger partial charge on any atom is 0.0928 e. The van der Waals surface area contributed by atoms with Gasteiger partial charge in [-0.25, -0.2) is 0 Å². The number of benzene rings is 1. The van der Waals surface area contributed by atoms with Gasteiger partial charge in [-0.2, -0.15) is 0 Å². The van der Waals surface area contributed by atoms with Crippen molar-refractivity contribution in [3.8, 4) is 0 Å². The number of hydrogen-bond acceptors (Lipinski definition) is 1. The van der Waals surface area contributed by atoms with Crippen molar-refractivity contribution in [1.29, 1.82) is 0 Å². The first-order valence-electron chi connectivity index (χ1n) is 7.14. The third kappa shape index (κ3) is 6.01. The predicted molar refractivity (Wildman–Crippen MR) is 92.3 cm³/mol. The van der Waals surface area contributed by atoms with Gasteiger partial charge in [0.05, 0.1) is 12.7 Å². The number of unbranched alkanes of at least 4 members (excludes halogenated alkanes) is 1. The Kier molecular flexibility index (Phi) is 9.08. The molecule has 0 saturated heterocycles. The number of rotatable bonds is 9. The van der Waals surface area contributed by atoms with Crippen LogP contribution >= 0.6 is 34.2 Å². The Bertz CT molecular complexity index is 356. The number of halogens is 2. The minimum Gasteiger partial charge on any atom is -0.372 e. The van der Waals surface area contributed by atoms with Crippen molar-refractivity contribution in [3.05, 3.63) is 34.9 Å². The molecule has 1 nitrogen and oxygen atoms in total. The molecule has 0 aromatic heterocycles. The van der Waals surface area contributed by atoms with Crippen molar-refractivity contribution in [2.75, 3.05) is 11.0 Å². The maximum atomic E-state index is 6.25. The van der Waals surface area contributed by atoms with Crippen molar-refractivity contribution in [3.63, 3.8) is 0 Å². The first-order valence-corrected chi connectivity index (χ1v) is 9.05. The average Bonchev–Trinajstić information content (AvgIpc) is 2.44. The quantitative estimate of drug-likeness (QED) is 0.366. The summed E-state index contributed by atoms with van der Waals surface area (Å²) in [6, 6.07) is 8.00. The molecule has 0 saturated carbocycles. The van der Waals surface area contributed by atoms with Gasteiger partial charge in [0.1, 0.15) is 0 Å². The monoisotopic (exact) mass is 394 g/mol. The first kappa shape index (κ1) is 17.3. The molecule has 0 aliphatic carbocycles. The Labute approximate surface area is 136 Å². The van der Waals surface area contributed by atoms with Gasteiger partial charge < -0.3 is 4.74 Å². The van der Waals surface area contributed by atoms with Gasteiger partial charge >= 0.3 is 0 Å². The molecule has 19 heavy (non-hydrogen) atoms. The zero-order valence-corrected chi connectivity index (χ0v) is 14.8. The van der Waals surface area contributed by atoms with E-state index in [1.165, 1.54) is 25.7 Å². The second kappa shape index (κ2) is 10.0. The summed E-state index contributed by atoms with van der Waals surface area (Å²) in [5.41, 5.74) is 1.11. The molecule has 0 heterocycles. The van der Waals surface area contributed by atoms with Crippen LogP contribution in [0.4, 0.5) is 0 Å². The molecule has 0 radical (unpaired) electrons. The van der Waals surface area contributed by atoms with E-state index < -0.39 is 0 Å². The van der Waals surface area contributed by atoms with Crippen LogP contribution in [0.3, 0.4) is 0 Å². The first-order chi connectivity index (χ1) is 9.22. The van der Waals surface area contributed by atoms with E-state index in [1.807, 2.05) is 18.2 Å². The Morgan fingerprint density at radius 2 is 2.00 bits per heavy atom. The zero-order valence-electron chi connectivity index (χ0n) is 11.9. The number of ether oxygens (including phenoxy) is 1. The van der Waals surface area contributed by atoms with Gasteiger partial charge in [-0.3, -0.25) is 0 Å². The van der Waals surface area contributed by atoms with Gasteiger partial charge in [0.15, 0.2) is 0 Å². The van der Waals surface area contributed by atoms with Gasteiger partial charge in [-0.05, 0) is 18.4 Å². The fourth-order valence-electron chi connectivity index (χ4n) is 2.10. The lowest BCUT2D eigenvalue weighted by Gasteiger charge is -2.21. The molecule has 1 rings (SSSR count). The topological polar surface area (TPSA) is 9.23 Å². The summed E-state index contributed by atoms with van der Waals surface area (Å²) in [7, 11) is 0. The van der Waals surface area contributed by atoms with E-state index >= 15 is 0 Å². The van der Waals surface area contributed by atoms with E-state index in [9.17, 15) is 0 Å². The molecule has 1 aromatic rings. The summed E-state index contributed by atoms with van der Waals surface area (Å²) in [5.74, 6) is 0.674. The zero-order chi connectivity index (χ0) is 14.1. The number of hydrogen-bond donors (Lipinski definition) is 0. The lowest BCUT2D eigenvalue weighted by molar-refractivity contribution is 0.0403. The standard InChI is InChI=1S/C16H24ClIO/c1-3-5-8-13(4-2)12-19-16(11-18)14-9-6-7-10-15(14)17/h6-7,9-10,13,16H,3-5,8,11-12H2,1-2H3. The van der Waals surface area contributed by atoms with Gasteiger partial charge in [0.25, 0.3) is 0 Å². The second-order valence-electron chi connectivity index (χ2n) is 4.91. The Morgan fingerprint density at radius 1 is 1.26 bits per heavy atom. The van der Waals surface area contributed by atoms with Crippen LogP contribution in [0.15, 0.2) is 24.3 Å².